The lowest BCUT2D eigenvalue weighted by molar-refractivity contribution is 0.0697. The third-order valence-corrected chi connectivity index (χ3v) is 2.80. The van der Waals surface area contributed by atoms with E-state index in [4.69, 9.17) is 21.8 Å². The van der Waals surface area contributed by atoms with Crippen molar-refractivity contribution >= 4 is 23.4 Å². The molecule has 1 aromatic rings. The van der Waals surface area contributed by atoms with Crippen LogP contribution in [0.4, 0.5) is 5.82 Å². The molecular formula is C12H17ClN2O3. The number of pyridine rings is 1. The Morgan fingerprint density at radius 3 is 2.72 bits per heavy atom. The molecule has 5 nitrogen and oxygen atoms in total. The molecule has 0 spiro atoms. The molecule has 0 aromatic carbocycles. The van der Waals surface area contributed by atoms with Crippen molar-refractivity contribution in [2.45, 2.75) is 19.3 Å². The summed E-state index contributed by atoms with van der Waals surface area (Å²) in [6.45, 7) is 0.854. The van der Waals surface area contributed by atoms with Crippen LogP contribution in [0.5, 0.6) is 0 Å². The minimum absolute atomic E-state index is 0.143. The molecule has 0 radical (unpaired) electrons. The van der Waals surface area contributed by atoms with Gasteiger partial charge in [-0.15, -0.1) is 0 Å². The Kier molecular flexibility index (Phi) is 5.88. The van der Waals surface area contributed by atoms with Crippen LogP contribution in [0.1, 0.15) is 29.6 Å². The highest BCUT2D eigenvalue weighted by atomic mass is 35.5. The van der Waals surface area contributed by atoms with Crippen LogP contribution in [0.3, 0.4) is 0 Å². The van der Waals surface area contributed by atoms with Crippen LogP contribution in [-0.4, -0.2) is 41.4 Å². The van der Waals surface area contributed by atoms with Gasteiger partial charge in [-0.2, -0.15) is 0 Å². The van der Waals surface area contributed by atoms with E-state index in [2.05, 4.69) is 4.98 Å². The monoisotopic (exact) mass is 272 g/mol. The molecule has 0 atom stereocenters. The van der Waals surface area contributed by atoms with Crippen molar-refractivity contribution in [3.8, 4) is 0 Å². The number of hydrogen-bond acceptors (Lipinski definition) is 4. The number of halogens is 1. The maximum Gasteiger partial charge on any atom is 0.339 e. The van der Waals surface area contributed by atoms with Crippen LogP contribution in [0.25, 0.3) is 0 Å². The van der Waals surface area contributed by atoms with Gasteiger partial charge in [0, 0.05) is 20.2 Å². The van der Waals surface area contributed by atoms with Gasteiger partial charge in [0.2, 0.25) is 0 Å². The van der Waals surface area contributed by atoms with Crippen LogP contribution in [0.2, 0.25) is 5.15 Å². The highest BCUT2D eigenvalue weighted by Gasteiger charge is 2.15. The number of aromatic carboxylic acids is 1. The highest BCUT2D eigenvalue weighted by molar-refractivity contribution is 6.29. The van der Waals surface area contributed by atoms with Crippen molar-refractivity contribution < 1.29 is 15.0 Å². The SMILES string of the molecule is CN(CCCCCO)c1nc(Cl)ccc1C(=O)O. The molecule has 0 saturated carbocycles. The van der Waals surface area contributed by atoms with Crippen molar-refractivity contribution in [2.75, 3.05) is 25.1 Å². The number of rotatable bonds is 7. The molecule has 6 heteroatoms. The van der Waals surface area contributed by atoms with Crippen LogP contribution < -0.4 is 4.90 Å². The lowest BCUT2D eigenvalue weighted by Gasteiger charge is -2.19. The van der Waals surface area contributed by atoms with Crippen molar-refractivity contribution in [3.63, 3.8) is 0 Å². The minimum atomic E-state index is -1.02. The Balaban J connectivity index is 2.74. The maximum absolute atomic E-state index is 11.1. The molecule has 0 aliphatic heterocycles. The first-order valence-electron chi connectivity index (χ1n) is 5.78. The summed E-state index contributed by atoms with van der Waals surface area (Å²) < 4.78 is 0. The number of anilines is 1. The summed E-state index contributed by atoms with van der Waals surface area (Å²) in [5.74, 6) is -0.643. The van der Waals surface area contributed by atoms with Crippen LogP contribution in [0.15, 0.2) is 12.1 Å². The molecule has 1 aromatic heterocycles. The van der Waals surface area contributed by atoms with Crippen LogP contribution >= 0.6 is 11.6 Å². The first kappa shape index (κ1) is 14.7. The zero-order valence-electron chi connectivity index (χ0n) is 10.3. The fraction of sp³-hybridized carbons (Fsp3) is 0.500. The fourth-order valence-electron chi connectivity index (χ4n) is 1.63. The van der Waals surface area contributed by atoms with E-state index >= 15 is 0 Å². The average Bonchev–Trinajstić information content (AvgIpc) is 2.34. The van der Waals surface area contributed by atoms with Gasteiger partial charge in [-0.05, 0) is 31.4 Å². The van der Waals surface area contributed by atoms with Gasteiger partial charge in [-0.25, -0.2) is 9.78 Å². The molecule has 0 aliphatic carbocycles. The lowest BCUT2D eigenvalue weighted by atomic mass is 10.2. The standard InChI is InChI=1S/C12H17ClN2O3/c1-15(7-3-2-4-8-16)11-9(12(17)18)5-6-10(13)14-11/h5-6,16H,2-4,7-8H2,1H3,(H,17,18). The molecule has 0 bridgehead atoms. The Labute approximate surface area is 111 Å². The van der Waals surface area contributed by atoms with Gasteiger partial charge in [0.1, 0.15) is 16.5 Å². The zero-order chi connectivity index (χ0) is 13.5. The molecule has 0 amide bonds. The topological polar surface area (TPSA) is 73.7 Å². The molecule has 2 N–H and O–H groups in total. The molecule has 0 unspecified atom stereocenters. The number of nitrogens with zero attached hydrogens (tertiary/aromatic N) is 2. The summed E-state index contributed by atoms with van der Waals surface area (Å²) >= 11 is 5.79. The van der Waals surface area contributed by atoms with E-state index in [1.165, 1.54) is 12.1 Å². The molecule has 1 heterocycles. The van der Waals surface area contributed by atoms with E-state index in [0.717, 1.165) is 19.3 Å². The van der Waals surface area contributed by atoms with Gasteiger partial charge in [0.25, 0.3) is 0 Å². The third kappa shape index (κ3) is 4.16. The average molecular weight is 273 g/mol. The number of aromatic nitrogens is 1. The summed E-state index contributed by atoms with van der Waals surface area (Å²) in [4.78, 5) is 16.9. The van der Waals surface area contributed by atoms with Crippen molar-refractivity contribution in [2.24, 2.45) is 0 Å². The van der Waals surface area contributed by atoms with E-state index in [-0.39, 0.29) is 17.3 Å². The van der Waals surface area contributed by atoms with Crippen molar-refractivity contribution in [1.82, 2.24) is 4.98 Å². The van der Waals surface area contributed by atoms with Crippen LogP contribution in [-0.2, 0) is 0 Å². The van der Waals surface area contributed by atoms with Gasteiger partial charge >= 0.3 is 5.97 Å². The van der Waals surface area contributed by atoms with E-state index in [1.807, 2.05) is 0 Å². The summed E-state index contributed by atoms with van der Waals surface area (Å²) in [6, 6.07) is 2.92. The number of aliphatic hydroxyl groups excluding tert-OH is 1. The van der Waals surface area contributed by atoms with Gasteiger partial charge in [-0.1, -0.05) is 11.6 Å². The summed E-state index contributed by atoms with van der Waals surface area (Å²) in [5, 5.41) is 18.0. The molecule has 18 heavy (non-hydrogen) atoms. The number of carboxylic acids is 1. The predicted octanol–water partition coefficient (Wildman–Crippen LogP) is 2.03. The highest BCUT2D eigenvalue weighted by Crippen LogP contribution is 2.20. The van der Waals surface area contributed by atoms with E-state index < -0.39 is 5.97 Å². The van der Waals surface area contributed by atoms with Crippen molar-refractivity contribution in [1.29, 1.82) is 0 Å². The second-order valence-corrected chi connectivity index (χ2v) is 4.40. The molecule has 0 fully saturated rings. The second-order valence-electron chi connectivity index (χ2n) is 4.02. The fourth-order valence-corrected chi connectivity index (χ4v) is 1.77. The van der Waals surface area contributed by atoms with Gasteiger partial charge in [0.15, 0.2) is 0 Å². The number of carbonyl (C=O) groups is 1. The number of hydrogen-bond donors (Lipinski definition) is 2. The summed E-state index contributed by atoms with van der Waals surface area (Å²) in [5.41, 5.74) is 0.143. The molecule has 1 rings (SSSR count). The number of carboxylic acid groups (broad SMARTS) is 1. The van der Waals surface area contributed by atoms with E-state index in [9.17, 15) is 4.79 Å². The van der Waals surface area contributed by atoms with Crippen molar-refractivity contribution in [3.05, 3.63) is 22.8 Å². The van der Waals surface area contributed by atoms with E-state index in [0.29, 0.717) is 12.4 Å². The molecular weight excluding hydrogens is 256 g/mol. The minimum Gasteiger partial charge on any atom is -0.478 e. The third-order valence-electron chi connectivity index (χ3n) is 2.58. The van der Waals surface area contributed by atoms with Gasteiger partial charge in [0.05, 0.1) is 0 Å². The first-order chi connectivity index (χ1) is 8.56. The Morgan fingerprint density at radius 2 is 2.11 bits per heavy atom. The molecule has 100 valence electrons. The summed E-state index contributed by atoms with van der Waals surface area (Å²) in [7, 11) is 1.78. The number of unbranched alkanes of at least 4 members (excludes halogenated alkanes) is 2. The number of aliphatic hydroxyl groups is 1. The smallest absolute Gasteiger partial charge is 0.339 e. The van der Waals surface area contributed by atoms with E-state index in [1.54, 1.807) is 11.9 Å². The Morgan fingerprint density at radius 1 is 1.39 bits per heavy atom. The maximum atomic E-state index is 11.1. The second kappa shape index (κ2) is 7.18. The predicted molar refractivity (Wildman–Crippen MR) is 70.4 cm³/mol. The zero-order valence-corrected chi connectivity index (χ0v) is 11.0. The molecule has 0 saturated heterocycles. The largest absolute Gasteiger partial charge is 0.478 e. The van der Waals surface area contributed by atoms with Gasteiger partial charge in [-0.3, -0.25) is 0 Å². The Bertz CT molecular complexity index is 412. The normalized spacial score (nSPS) is 10.4. The lowest BCUT2D eigenvalue weighted by Crippen LogP contribution is -2.22. The quantitative estimate of drug-likeness (QED) is 0.587. The summed E-state index contributed by atoms with van der Waals surface area (Å²) in [6.07, 6.45) is 2.51. The Hall–Kier alpha value is -1.33. The first-order valence-corrected chi connectivity index (χ1v) is 6.16. The van der Waals surface area contributed by atoms with Crippen LogP contribution in [0, 0.1) is 0 Å². The van der Waals surface area contributed by atoms with Gasteiger partial charge < -0.3 is 15.1 Å². The molecule has 0 aliphatic rings.